The van der Waals surface area contributed by atoms with Crippen LogP contribution >= 0.6 is 0 Å². The summed E-state index contributed by atoms with van der Waals surface area (Å²) in [5.74, 6) is 0.670. The highest BCUT2D eigenvalue weighted by Gasteiger charge is 2.13. The summed E-state index contributed by atoms with van der Waals surface area (Å²) in [5, 5.41) is 18.0. The van der Waals surface area contributed by atoms with E-state index in [2.05, 4.69) is 31.2 Å². The van der Waals surface area contributed by atoms with Crippen molar-refractivity contribution in [3.8, 4) is 5.75 Å². The van der Waals surface area contributed by atoms with Crippen LogP contribution < -0.4 is 10.1 Å². The van der Waals surface area contributed by atoms with Crippen LogP contribution in [0.5, 0.6) is 5.75 Å². The highest BCUT2D eigenvalue weighted by molar-refractivity contribution is 5.80. The van der Waals surface area contributed by atoms with Crippen molar-refractivity contribution in [3.05, 3.63) is 23.9 Å². The van der Waals surface area contributed by atoms with Crippen LogP contribution in [0.1, 0.15) is 26.5 Å². The number of nitrogens with one attached hydrogen (secondary N) is 1. The van der Waals surface area contributed by atoms with Crippen LogP contribution in [0.15, 0.2) is 22.7 Å². The molecule has 110 valence electrons. The number of fused-ring (bicyclic) bond motifs is 1. The minimum absolute atomic E-state index is 0.0166. The molecule has 2 rings (SSSR count). The SMILES string of the molecule is Cc1noc2cc(OCC(O)CNC(C)(C)C)ccc12. The quantitative estimate of drug-likeness (QED) is 0.878. The lowest BCUT2D eigenvalue weighted by Crippen LogP contribution is -2.42. The fourth-order valence-electron chi connectivity index (χ4n) is 1.81. The summed E-state index contributed by atoms with van der Waals surface area (Å²) >= 11 is 0. The molecule has 5 heteroatoms. The molecule has 0 fully saturated rings. The van der Waals surface area contributed by atoms with Gasteiger partial charge in [-0.15, -0.1) is 0 Å². The Morgan fingerprint density at radius 3 is 2.85 bits per heavy atom. The third-order valence-electron chi connectivity index (χ3n) is 2.93. The molecule has 1 atom stereocenters. The van der Waals surface area contributed by atoms with Gasteiger partial charge < -0.3 is 19.7 Å². The Morgan fingerprint density at radius 2 is 2.15 bits per heavy atom. The van der Waals surface area contributed by atoms with E-state index in [9.17, 15) is 5.11 Å². The van der Waals surface area contributed by atoms with Gasteiger partial charge in [0.2, 0.25) is 0 Å². The minimum atomic E-state index is -0.554. The van der Waals surface area contributed by atoms with Gasteiger partial charge in [0.05, 0.1) is 5.69 Å². The first-order valence-electron chi connectivity index (χ1n) is 6.77. The summed E-state index contributed by atoms with van der Waals surface area (Å²) < 4.78 is 10.8. The van der Waals surface area contributed by atoms with Crippen LogP contribution in [-0.2, 0) is 0 Å². The van der Waals surface area contributed by atoms with Gasteiger partial charge in [-0.25, -0.2) is 0 Å². The van der Waals surface area contributed by atoms with Crippen molar-refractivity contribution in [2.45, 2.75) is 39.3 Å². The van der Waals surface area contributed by atoms with Crippen LogP contribution in [-0.4, -0.2) is 35.1 Å². The number of aromatic nitrogens is 1. The van der Waals surface area contributed by atoms with Gasteiger partial charge >= 0.3 is 0 Å². The zero-order valence-corrected chi connectivity index (χ0v) is 12.4. The molecule has 20 heavy (non-hydrogen) atoms. The molecule has 0 saturated carbocycles. The highest BCUT2D eigenvalue weighted by Crippen LogP contribution is 2.23. The predicted molar refractivity (Wildman–Crippen MR) is 78.0 cm³/mol. The molecule has 5 nitrogen and oxygen atoms in total. The fourth-order valence-corrected chi connectivity index (χ4v) is 1.81. The second-order valence-corrected chi connectivity index (χ2v) is 6.02. The second kappa shape index (κ2) is 5.81. The number of benzene rings is 1. The number of aliphatic hydroxyl groups is 1. The van der Waals surface area contributed by atoms with E-state index in [1.807, 2.05) is 19.1 Å². The Balaban J connectivity index is 1.89. The molecule has 0 amide bonds. The average molecular weight is 278 g/mol. The van der Waals surface area contributed by atoms with Crippen LogP contribution in [0.3, 0.4) is 0 Å². The first kappa shape index (κ1) is 14.8. The Bertz CT molecular complexity index is 572. The third-order valence-corrected chi connectivity index (χ3v) is 2.93. The summed E-state index contributed by atoms with van der Waals surface area (Å²) in [4.78, 5) is 0. The van der Waals surface area contributed by atoms with E-state index in [0.717, 1.165) is 11.1 Å². The number of aliphatic hydroxyl groups excluding tert-OH is 1. The van der Waals surface area contributed by atoms with Crippen LogP contribution in [0.2, 0.25) is 0 Å². The van der Waals surface area contributed by atoms with E-state index in [-0.39, 0.29) is 12.1 Å². The minimum Gasteiger partial charge on any atom is -0.491 e. The normalized spacial score (nSPS) is 13.7. The summed E-state index contributed by atoms with van der Waals surface area (Å²) in [6, 6.07) is 5.56. The molecule has 0 aliphatic carbocycles. The first-order valence-corrected chi connectivity index (χ1v) is 6.77. The van der Waals surface area contributed by atoms with Gasteiger partial charge in [0, 0.05) is 23.5 Å². The molecule has 1 aromatic carbocycles. The zero-order chi connectivity index (χ0) is 14.8. The number of hydrogen-bond acceptors (Lipinski definition) is 5. The number of ether oxygens (including phenoxy) is 1. The topological polar surface area (TPSA) is 67.5 Å². The van der Waals surface area contributed by atoms with E-state index in [4.69, 9.17) is 9.26 Å². The number of aryl methyl sites for hydroxylation is 1. The molecule has 0 spiro atoms. The van der Waals surface area contributed by atoms with Gasteiger partial charge in [0.1, 0.15) is 18.5 Å². The Labute approximate surface area is 118 Å². The fraction of sp³-hybridized carbons (Fsp3) is 0.533. The Kier molecular flexibility index (Phi) is 4.30. The maximum atomic E-state index is 9.87. The average Bonchev–Trinajstić information content (AvgIpc) is 2.74. The number of hydrogen-bond donors (Lipinski definition) is 2. The predicted octanol–water partition coefficient (Wildman–Crippen LogP) is 2.26. The Morgan fingerprint density at radius 1 is 1.40 bits per heavy atom. The van der Waals surface area contributed by atoms with Crippen LogP contribution in [0.4, 0.5) is 0 Å². The van der Waals surface area contributed by atoms with Gasteiger partial charge in [-0.05, 0) is 39.8 Å². The van der Waals surface area contributed by atoms with Crippen LogP contribution in [0, 0.1) is 6.92 Å². The van der Waals surface area contributed by atoms with Crippen LogP contribution in [0.25, 0.3) is 11.0 Å². The molecule has 1 aromatic heterocycles. The molecule has 0 aliphatic heterocycles. The maximum absolute atomic E-state index is 9.87. The molecule has 0 saturated heterocycles. The number of nitrogens with zero attached hydrogens (tertiary/aromatic N) is 1. The largest absolute Gasteiger partial charge is 0.491 e. The van der Waals surface area contributed by atoms with Crippen molar-refractivity contribution >= 4 is 11.0 Å². The van der Waals surface area contributed by atoms with E-state index < -0.39 is 6.10 Å². The molecule has 2 aromatic rings. The van der Waals surface area contributed by atoms with E-state index >= 15 is 0 Å². The molecule has 0 radical (unpaired) electrons. The van der Waals surface area contributed by atoms with E-state index in [1.165, 1.54) is 0 Å². The lowest BCUT2D eigenvalue weighted by Gasteiger charge is -2.22. The van der Waals surface area contributed by atoms with Gasteiger partial charge in [-0.1, -0.05) is 5.16 Å². The third kappa shape index (κ3) is 3.95. The molecule has 1 heterocycles. The van der Waals surface area contributed by atoms with Gasteiger partial charge in [-0.2, -0.15) is 0 Å². The monoisotopic (exact) mass is 278 g/mol. The Hall–Kier alpha value is -1.59. The first-order chi connectivity index (χ1) is 9.35. The van der Waals surface area contributed by atoms with E-state index in [0.29, 0.717) is 17.9 Å². The molecular weight excluding hydrogens is 256 g/mol. The zero-order valence-electron chi connectivity index (χ0n) is 12.4. The summed E-state index contributed by atoms with van der Waals surface area (Å²) in [5.41, 5.74) is 1.54. The van der Waals surface area contributed by atoms with Crippen molar-refractivity contribution in [3.63, 3.8) is 0 Å². The van der Waals surface area contributed by atoms with Crippen molar-refractivity contribution in [2.75, 3.05) is 13.2 Å². The number of rotatable bonds is 5. The lowest BCUT2D eigenvalue weighted by atomic mass is 10.1. The summed E-state index contributed by atoms with van der Waals surface area (Å²) in [6.07, 6.45) is -0.554. The molecule has 0 aliphatic rings. The highest BCUT2D eigenvalue weighted by atomic mass is 16.5. The van der Waals surface area contributed by atoms with Gasteiger partial charge in [0.25, 0.3) is 0 Å². The maximum Gasteiger partial charge on any atom is 0.170 e. The van der Waals surface area contributed by atoms with Crippen molar-refractivity contribution in [1.82, 2.24) is 10.5 Å². The second-order valence-electron chi connectivity index (χ2n) is 6.02. The summed E-state index contributed by atoms with van der Waals surface area (Å²) in [7, 11) is 0. The van der Waals surface area contributed by atoms with Gasteiger partial charge in [-0.3, -0.25) is 0 Å². The number of β-amino-alcohol motifs (C(OH)–C–C–N with tert-alkyl or cyclic N) is 1. The van der Waals surface area contributed by atoms with Crippen molar-refractivity contribution in [2.24, 2.45) is 0 Å². The lowest BCUT2D eigenvalue weighted by molar-refractivity contribution is 0.100. The molecule has 2 N–H and O–H groups in total. The van der Waals surface area contributed by atoms with E-state index in [1.54, 1.807) is 6.07 Å². The van der Waals surface area contributed by atoms with Crippen molar-refractivity contribution in [1.29, 1.82) is 0 Å². The molecular formula is C15H22N2O3. The smallest absolute Gasteiger partial charge is 0.170 e. The molecule has 0 bridgehead atoms. The molecule has 1 unspecified atom stereocenters. The van der Waals surface area contributed by atoms with Gasteiger partial charge in [0.15, 0.2) is 5.58 Å². The standard InChI is InChI=1S/C15H22N2O3/c1-10-13-6-5-12(7-14(13)20-17-10)19-9-11(18)8-16-15(2,3)4/h5-7,11,16,18H,8-9H2,1-4H3. The summed E-state index contributed by atoms with van der Waals surface area (Å²) in [6.45, 7) is 8.80. The van der Waals surface area contributed by atoms with Crippen molar-refractivity contribution < 1.29 is 14.4 Å².